The maximum absolute atomic E-state index is 5.68. The summed E-state index contributed by atoms with van der Waals surface area (Å²) >= 11 is 0. The molecule has 0 radical (unpaired) electrons. The zero-order chi connectivity index (χ0) is 13.6. The van der Waals surface area contributed by atoms with Crippen LogP contribution in [0.2, 0.25) is 0 Å². The number of hydrogen-bond acceptors (Lipinski definition) is 4. The van der Waals surface area contributed by atoms with E-state index < -0.39 is 0 Å². The van der Waals surface area contributed by atoms with E-state index in [0.717, 1.165) is 39.2 Å². The van der Waals surface area contributed by atoms with Crippen molar-refractivity contribution in [3.8, 4) is 0 Å². The van der Waals surface area contributed by atoms with Crippen molar-refractivity contribution in [2.45, 2.75) is 31.8 Å². The van der Waals surface area contributed by atoms with Crippen LogP contribution in [0.5, 0.6) is 0 Å². The van der Waals surface area contributed by atoms with Crippen molar-refractivity contribution < 1.29 is 4.74 Å². The van der Waals surface area contributed by atoms with Crippen LogP contribution in [0.4, 0.5) is 0 Å². The first-order valence-corrected chi connectivity index (χ1v) is 7.12. The van der Waals surface area contributed by atoms with Gasteiger partial charge in [-0.3, -0.25) is 4.98 Å². The lowest BCUT2D eigenvalue weighted by Gasteiger charge is -2.27. The van der Waals surface area contributed by atoms with Gasteiger partial charge in [-0.25, -0.2) is 0 Å². The highest BCUT2D eigenvalue weighted by atomic mass is 16.5. The summed E-state index contributed by atoms with van der Waals surface area (Å²) in [7, 11) is 0. The molecule has 1 saturated heterocycles. The molecule has 2 rings (SSSR count). The third kappa shape index (κ3) is 4.56. The fraction of sp³-hybridized carbons (Fsp3) is 0.667. The van der Waals surface area contributed by atoms with Gasteiger partial charge in [0.2, 0.25) is 0 Å². The molecular formula is C15H25N3O. The van der Waals surface area contributed by atoms with Crippen LogP contribution in [0.25, 0.3) is 0 Å². The lowest BCUT2D eigenvalue weighted by molar-refractivity contribution is 0.0237. The van der Waals surface area contributed by atoms with Gasteiger partial charge < -0.3 is 15.4 Å². The molecule has 1 aliphatic heterocycles. The van der Waals surface area contributed by atoms with E-state index in [1.807, 2.05) is 18.5 Å². The number of nitrogens with one attached hydrogen (secondary N) is 2. The third-order valence-corrected chi connectivity index (χ3v) is 3.66. The van der Waals surface area contributed by atoms with Gasteiger partial charge >= 0.3 is 0 Å². The minimum absolute atomic E-state index is 0.111. The fourth-order valence-corrected chi connectivity index (χ4v) is 2.33. The van der Waals surface area contributed by atoms with Gasteiger partial charge in [0.1, 0.15) is 0 Å². The van der Waals surface area contributed by atoms with Crippen LogP contribution in [-0.2, 0) is 10.2 Å². The third-order valence-electron chi connectivity index (χ3n) is 3.66. The number of morpholine rings is 1. The lowest BCUT2D eigenvalue weighted by atomic mass is 9.85. The maximum atomic E-state index is 5.68. The average Bonchev–Trinajstić information content (AvgIpc) is 2.46. The molecular weight excluding hydrogens is 238 g/mol. The quantitative estimate of drug-likeness (QED) is 0.760. The topological polar surface area (TPSA) is 46.2 Å². The second kappa shape index (κ2) is 6.98. The molecule has 0 aliphatic carbocycles. The van der Waals surface area contributed by atoms with E-state index in [9.17, 15) is 0 Å². The Hall–Kier alpha value is -0.970. The van der Waals surface area contributed by atoms with Gasteiger partial charge in [0, 0.05) is 37.4 Å². The van der Waals surface area contributed by atoms with Crippen molar-refractivity contribution in [1.82, 2.24) is 15.6 Å². The van der Waals surface area contributed by atoms with Crippen LogP contribution >= 0.6 is 0 Å². The first-order valence-electron chi connectivity index (χ1n) is 7.12. The van der Waals surface area contributed by atoms with Gasteiger partial charge in [0.05, 0.1) is 12.7 Å². The summed E-state index contributed by atoms with van der Waals surface area (Å²) in [4.78, 5) is 4.20. The molecule has 0 aromatic carbocycles. The summed E-state index contributed by atoms with van der Waals surface area (Å²) in [5.41, 5.74) is 1.39. The number of aromatic nitrogens is 1. The first-order chi connectivity index (χ1) is 9.18. The number of hydrogen-bond donors (Lipinski definition) is 2. The molecule has 4 nitrogen and oxygen atoms in total. The number of ether oxygens (including phenoxy) is 1. The molecule has 1 fully saturated rings. The summed E-state index contributed by atoms with van der Waals surface area (Å²) in [6.45, 7) is 9.25. The normalized spacial score (nSPS) is 20.4. The van der Waals surface area contributed by atoms with Crippen LogP contribution in [0, 0.1) is 0 Å². The largest absolute Gasteiger partial charge is 0.376 e. The van der Waals surface area contributed by atoms with E-state index in [1.165, 1.54) is 5.56 Å². The second-order valence-electron chi connectivity index (χ2n) is 5.79. The van der Waals surface area contributed by atoms with Gasteiger partial charge in [0.25, 0.3) is 0 Å². The average molecular weight is 263 g/mol. The minimum atomic E-state index is 0.111. The van der Waals surface area contributed by atoms with Crippen molar-refractivity contribution in [3.05, 3.63) is 30.1 Å². The zero-order valence-electron chi connectivity index (χ0n) is 12.0. The summed E-state index contributed by atoms with van der Waals surface area (Å²) in [6.07, 6.45) is 5.20. The SMILES string of the molecule is CC(C)(CNCCC1CNCCO1)c1cccnc1. The van der Waals surface area contributed by atoms with E-state index in [1.54, 1.807) is 0 Å². The molecule has 2 heterocycles. The predicted molar refractivity (Wildman–Crippen MR) is 77.4 cm³/mol. The maximum Gasteiger partial charge on any atom is 0.0712 e. The lowest BCUT2D eigenvalue weighted by Crippen LogP contribution is -2.41. The molecule has 2 N–H and O–H groups in total. The van der Waals surface area contributed by atoms with Crippen LogP contribution in [0.3, 0.4) is 0 Å². The van der Waals surface area contributed by atoms with Crippen molar-refractivity contribution in [2.75, 3.05) is 32.8 Å². The standard InChI is InChI=1S/C15H25N3O/c1-15(2,13-4-3-6-16-10-13)12-18-7-5-14-11-17-8-9-19-14/h3-4,6,10,14,17-18H,5,7-9,11-12H2,1-2H3. The Bertz CT molecular complexity index is 361. The highest BCUT2D eigenvalue weighted by Gasteiger charge is 2.20. The van der Waals surface area contributed by atoms with E-state index in [0.29, 0.717) is 6.10 Å². The molecule has 0 amide bonds. The molecule has 106 valence electrons. The van der Waals surface area contributed by atoms with Crippen LogP contribution in [0.1, 0.15) is 25.8 Å². The van der Waals surface area contributed by atoms with E-state index in [-0.39, 0.29) is 5.41 Å². The molecule has 0 spiro atoms. The Morgan fingerprint density at radius 3 is 3.11 bits per heavy atom. The highest BCUT2D eigenvalue weighted by Crippen LogP contribution is 2.20. The number of rotatable bonds is 6. The van der Waals surface area contributed by atoms with Crippen molar-refractivity contribution in [2.24, 2.45) is 0 Å². The van der Waals surface area contributed by atoms with E-state index >= 15 is 0 Å². The molecule has 4 heteroatoms. The summed E-state index contributed by atoms with van der Waals surface area (Å²) in [5.74, 6) is 0. The monoisotopic (exact) mass is 263 g/mol. The predicted octanol–water partition coefficient (Wildman–Crippen LogP) is 1.33. The van der Waals surface area contributed by atoms with Gasteiger partial charge in [0.15, 0.2) is 0 Å². The van der Waals surface area contributed by atoms with Crippen LogP contribution in [-0.4, -0.2) is 43.9 Å². The Labute approximate surface area is 116 Å². The number of nitrogens with zero attached hydrogens (tertiary/aromatic N) is 1. The van der Waals surface area contributed by atoms with Crippen molar-refractivity contribution in [1.29, 1.82) is 0 Å². The van der Waals surface area contributed by atoms with E-state index in [4.69, 9.17) is 4.74 Å². The molecule has 1 aromatic rings. The molecule has 1 aromatic heterocycles. The Morgan fingerprint density at radius 2 is 2.42 bits per heavy atom. The minimum Gasteiger partial charge on any atom is -0.376 e. The first kappa shape index (κ1) is 14.4. The van der Waals surface area contributed by atoms with Gasteiger partial charge in [-0.2, -0.15) is 0 Å². The Morgan fingerprint density at radius 1 is 1.53 bits per heavy atom. The summed E-state index contributed by atoms with van der Waals surface area (Å²) < 4.78 is 5.68. The molecule has 0 bridgehead atoms. The molecule has 19 heavy (non-hydrogen) atoms. The molecule has 1 aliphatic rings. The Kier molecular flexibility index (Phi) is 5.31. The number of pyridine rings is 1. The molecule has 1 atom stereocenters. The highest BCUT2D eigenvalue weighted by molar-refractivity contribution is 5.19. The second-order valence-corrected chi connectivity index (χ2v) is 5.79. The van der Waals surface area contributed by atoms with E-state index in [2.05, 4.69) is 35.5 Å². The molecule has 1 unspecified atom stereocenters. The smallest absolute Gasteiger partial charge is 0.0712 e. The van der Waals surface area contributed by atoms with Crippen LogP contribution < -0.4 is 10.6 Å². The van der Waals surface area contributed by atoms with Gasteiger partial charge in [-0.1, -0.05) is 19.9 Å². The molecule has 0 saturated carbocycles. The zero-order valence-corrected chi connectivity index (χ0v) is 12.0. The van der Waals surface area contributed by atoms with Gasteiger partial charge in [-0.05, 0) is 24.6 Å². The fourth-order valence-electron chi connectivity index (χ4n) is 2.33. The summed E-state index contributed by atoms with van der Waals surface area (Å²) in [6, 6.07) is 4.14. The van der Waals surface area contributed by atoms with Crippen molar-refractivity contribution in [3.63, 3.8) is 0 Å². The summed E-state index contributed by atoms with van der Waals surface area (Å²) in [5, 5.41) is 6.89. The van der Waals surface area contributed by atoms with Crippen LogP contribution in [0.15, 0.2) is 24.5 Å². The van der Waals surface area contributed by atoms with Crippen molar-refractivity contribution >= 4 is 0 Å². The van der Waals surface area contributed by atoms with Gasteiger partial charge in [-0.15, -0.1) is 0 Å². The Balaban J connectivity index is 1.69.